The van der Waals surface area contributed by atoms with Crippen LogP contribution in [0.15, 0.2) is 103 Å². The number of ketones is 1. The number of carbonyl (C=O) groups excluding carboxylic acids is 1. The van der Waals surface area contributed by atoms with Gasteiger partial charge in [-0.2, -0.15) is 0 Å². The van der Waals surface area contributed by atoms with Crippen LogP contribution in [0.5, 0.6) is 23.0 Å². The van der Waals surface area contributed by atoms with Gasteiger partial charge in [0.2, 0.25) is 0 Å². The van der Waals surface area contributed by atoms with Crippen LogP contribution in [0.2, 0.25) is 0 Å². The summed E-state index contributed by atoms with van der Waals surface area (Å²) in [5, 5.41) is 6.94. The molecular formula is C50H59N3O5. The van der Waals surface area contributed by atoms with E-state index >= 15 is 0 Å². The molecular weight excluding hydrogens is 723 g/mol. The van der Waals surface area contributed by atoms with Gasteiger partial charge in [0.25, 0.3) is 0 Å². The van der Waals surface area contributed by atoms with Crippen molar-refractivity contribution in [1.29, 1.82) is 0 Å². The van der Waals surface area contributed by atoms with Gasteiger partial charge < -0.3 is 29.6 Å². The van der Waals surface area contributed by atoms with Crippen LogP contribution >= 0.6 is 0 Å². The second kappa shape index (κ2) is 20.4. The lowest BCUT2D eigenvalue weighted by atomic mass is 9.97. The van der Waals surface area contributed by atoms with Crippen LogP contribution in [0.1, 0.15) is 77.0 Å². The largest absolute Gasteiger partial charge is 0.493 e. The van der Waals surface area contributed by atoms with E-state index in [1.165, 1.54) is 29.2 Å². The minimum absolute atomic E-state index is 0.101. The van der Waals surface area contributed by atoms with Crippen molar-refractivity contribution in [3.05, 3.63) is 142 Å². The number of carbonyl (C=O) groups is 1. The number of methoxy groups -OCH3 is 2. The van der Waals surface area contributed by atoms with Gasteiger partial charge in [-0.25, -0.2) is 0 Å². The van der Waals surface area contributed by atoms with Crippen molar-refractivity contribution < 1.29 is 23.7 Å². The maximum Gasteiger partial charge on any atom is 0.163 e. The van der Waals surface area contributed by atoms with Crippen molar-refractivity contribution in [2.24, 2.45) is 16.8 Å². The smallest absolute Gasteiger partial charge is 0.163 e. The molecule has 5 aromatic carbocycles. The van der Waals surface area contributed by atoms with Crippen molar-refractivity contribution in [1.82, 2.24) is 0 Å². The van der Waals surface area contributed by atoms with Crippen LogP contribution in [0.25, 0.3) is 5.57 Å². The Morgan fingerprint density at radius 3 is 1.83 bits per heavy atom. The predicted molar refractivity (Wildman–Crippen MR) is 240 cm³/mol. The number of aryl methyl sites for hydroxylation is 2. The SMILES string of the molecule is C=C(C)c1cc(OC)c(OCc2cc(COc3cc(N=C[C@@H](C)Cc4ccccc4C)c(C(C)=O)cc3OC)cc(NC)c2)cc1NC[C@@H](C)Cc1ccccc1C. The molecule has 304 valence electrons. The van der Waals surface area contributed by atoms with Crippen molar-refractivity contribution in [2.45, 2.75) is 67.6 Å². The number of nitrogens with zero attached hydrogens (tertiary/aromatic N) is 1. The minimum atomic E-state index is -0.101. The Bertz CT molecular complexity index is 2240. The number of allylic oxidation sites excluding steroid dienone is 1. The van der Waals surface area contributed by atoms with Gasteiger partial charge in [-0.15, -0.1) is 0 Å². The third-order valence-corrected chi connectivity index (χ3v) is 10.3. The zero-order valence-corrected chi connectivity index (χ0v) is 35.6. The minimum Gasteiger partial charge on any atom is -0.493 e. The Morgan fingerprint density at radius 1 is 0.741 bits per heavy atom. The summed E-state index contributed by atoms with van der Waals surface area (Å²) in [5.41, 5.74) is 11.9. The molecule has 0 saturated heterocycles. The molecule has 2 N–H and O–H groups in total. The number of rotatable bonds is 20. The first-order valence-corrected chi connectivity index (χ1v) is 19.9. The molecule has 0 fully saturated rings. The molecule has 0 aliphatic carbocycles. The fraction of sp³-hybridized carbons (Fsp3) is 0.320. The van der Waals surface area contributed by atoms with E-state index in [0.29, 0.717) is 46.8 Å². The van der Waals surface area contributed by atoms with E-state index in [9.17, 15) is 4.79 Å². The van der Waals surface area contributed by atoms with Gasteiger partial charge in [-0.05, 0) is 122 Å². The second-order valence-electron chi connectivity index (χ2n) is 15.3. The molecule has 0 unspecified atom stereocenters. The summed E-state index contributed by atoms with van der Waals surface area (Å²) in [5.74, 6) is 2.68. The molecule has 58 heavy (non-hydrogen) atoms. The quantitative estimate of drug-likeness (QED) is 0.0600. The predicted octanol–water partition coefficient (Wildman–Crippen LogP) is 11.6. The zero-order valence-electron chi connectivity index (χ0n) is 35.6. The summed E-state index contributed by atoms with van der Waals surface area (Å²) in [4.78, 5) is 17.5. The molecule has 0 saturated carbocycles. The highest BCUT2D eigenvalue weighted by Crippen LogP contribution is 2.38. The summed E-state index contributed by atoms with van der Waals surface area (Å²) in [7, 11) is 5.11. The average molecular weight is 782 g/mol. The lowest BCUT2D eigenvalue weighted by Gasteiger charge is -2.20. The lowest BCUT2D eigenvalue weighted by Crippen LogP contribution is -2.15. The monoisotopic (exact) mass is 781 g/mol. The Hall–Kier alpha value is -6.02. The number of ether oxygens (including phenoxy) is 4. The fourth-order valence-electron chi connectivity index (χ4n) is 6.95. The van der Waals surface area contributed by atoms with Gasteiger partial charge in [0.05, 0.1) is 19.9 Å². The molecule has 0 aliphatic heterocycles. The average Bonchev–Trinajstić information content (AvgIpc) is 3.21. The Kier molecular flexibility index (Phi) is 15.2. The third-order valence-electron chi connectivity index (χ3n) is 10.3. The van der Waals surface area contributed by atoms with Crippen molar-refractivity contribution in [3.63, 3.8) is 0 Å². The van der Waals surface area contributed by atoms with E-state index < -0.39 is 0 Å². The van der Waals surface area contributed by atoms with Crippen molar-refractivity contribution in [3.8, 4) is 23.0 Å². The summed E-state index contributed by atoms with van der Waals surface area (Å²) in [6.07, 6.45) is 3.73. The van der Waals surface area contributed by atoms with E-state index in [1.807, 2.05) is 44.5 Å². The van der Waals surface area contributed by atoms with Gasteiger partial charge >= 0.3 is 0 Å². The number of anilines is 2. The summed E-state index contributed by atoms with van der Waals surface area (Å²) in [6, 6.07) is 30.6. The highest BCUT2D eigenvalue weighted by Gasteiger charge is 2.17. The number of aliphatic imine (C=N–C) groups is 1. The lowest BCUT2D eigenvalue weighted by molar-refractivity contribution is 0.101. The maximum atomic E-state index is 12.7. The molecule has 5 aromatic rings. The highest BCUT2D eigenvalue weighted by molar-refractivity contribution is 6.00. The Labute approximate surface area is 345 Å². The van der Waals surface area contributed by atoms with Gasteiger partial charge in [0.15, 0.2) is 28.8 Å². The molecule has 0 spiro atoms. The van der Waals surface area contributed by atoms with Gasteiger partial charge in [0, 0.05) is 54.4 Å². The van der Waals surface area contributed by atoms with Gasteiger partial charge in [-0.1, -0.05) is 69.0 Å². The second-order valence-corrected chi connectivity index (χ2v) is 15.3. The number of benzene rings is 5. The molecule has 2 atom stereocenters. The Balaban J connectivity index is 1.32. The van der Waals surface area contributed by atoms with Gasteiger partial charge in [0.1, 0.15) is 13.2 Å². The topological polar surface area (TPSA) is 90.4 Å². The molecule has 8 heteroatoms. The molecule has 0 heterocycles. The first-order valence-electron chi connectivity index (χ1n) is 19.9. The fourth-order valence-corrected chi connectivity index (χ4v) is 6.95. The summed E-state index contributed by atoms with van der Waals surface area (Å²) >= 11 is 0. The van der Waals surface area contributed by atoms with E-state index in [-0.39, 0.29) is 18.3 Å². The molecule has 0 radical (unpaired) electrons. The first kappa shape index (κ1) is 43.1. The molecule has 0 aliphatic rings. The van der Waals surface area contributed by atoms with Crippen LogP contribution < -0.4 is 29.6 Å². The van der Waals surface area contributed by atoms with Gasteiger partial charge in [-0.3, -0.25) is 9.79 Å². The Morgan fingerprint density at radius 2 is 1.29 bits per heavy atom. The van der Waals surface area contributed by atoms with Crippen molar-refractivity contribution in [2.75, 3.05) is 38.4 Å². The van der Waals surface area contributed by atoms with Crippen LogP contribution in [-0.4, -0.2) is 39.8 Å². The molecule has 5 rings (SSSR count). The number of hydrogen-bond acceptors (Lipinski definition) is 8. The normalized spacial score (nSPS) is 12.2. The number of Topliss-reactive ketones (excluding diaryl/α,β-unsaturated/α-hetero) is 1. The molecule has 8 nitrogen and oxygen atoms in total. The molecule has 0 bridgehead atoms. The van der Waals surface area contributed by atoms with E-state index in [2.05, 4.69) is 99.5 Å². The van der Waals surface area contributed by atoms with E-state index in [0.717, 1.165) is 53.0 Å². The first-order chi connectivity index (χ1) is 27.9. The van der Waals surface area contributed by atoms with Crippen LogP contribution in [-0.2, 0) is 26.1 Å². The number of nitrogens with one attached hydrogen (secondary N) is 2. The standard InChI is InChI=1S/C50H59N3O5/c1-32(2)43-24-47(55-9)49(26-45(43)52-28-33(3)19-40-17-13-11-15-35(40)5)57-30-38-21-39(23-42(22-38)51-8)31-58-50-27-46(44(37(7)54)25-48(50)56-10)53-29-34(4)20-41-18-14-12-16-36(41)6/h11-18,21-27,29,33-34,51-52H,1,19-20,28,30-31H2,2-10H3/t33-,34-/m0/s1. The van der Waals surface area contributed by atoms with Crippen LogP contribution in [0, 0.1) is 25.7 Å². The maximum absolute atomic E-state index is 12.7. The number of hydrogen-bond donors (Lipinski definition) is 2. The van der Waals surface area contributed by atoms with E-state index in [4.69, 9.17) is 23.9 Å². The molecule has 0 aromatic heterocycles. The third kappa shape index (κ3) is 11.5. The summed E-state index contributed by atoms with van der Waals surface area (Å²) < 4.78 is 24.3. The summed E-state index contributed by atoms with van der Waals surface area (Å²) in [6.45, 7) is 17.8. The molecule has 0 amide bonds. The van der Waals surface area contributed by atoms with Crippen LogP contribution in [0.4, 0.5) is 17.1 Å². The van der Waals surface area contributed by atoms with E-state index in [1.54, 1.807) is 26.4 Å². The zero-order chi connectivity index (χ0) is 41.8. The highest BCUT2D eigenvalue weighted by atomic mass is 16.5. The van der Waals surface area contributed by atoms with Crippen LogP contribution in [0.3, 0.4) is 0 Å². The van der Waals surface area contributed by atoms with Crippen molar-refractivity contribution >= 4 is 34.6 Å².